The molecule has 2 rings (SSSR count). The number of halogens is 1. The quantitative estimate of drug-likeness (QED) is 0.622. The van der Waals surface area contributed by atoms with Gasteiger partial charge in [-0.05, 0) is 35.1 Å². The van der Waals surface area contributed by atoms with Crippen LogP contribution in [-0.2, 0) is 11.2 Å². The SMILES string of the molecule is CC(C)(CCF)c1ccc(SCc2ccccc2)cc1. The number of thioether (sulfide) groups is 1. The topological polar surface area (TPSA) is 0 Å². The summed E-state index contributed by atoms with van der Waals surface area (Å²) in [5, 5.41) is 0. The summed E-state index contributed by atoms with van der Waals surface area (Å²) in [6.45, 7) is 3.93. The molecule has 0 nitrogen and oxygen atoms in total. The molecule has 0 aromatic heterocycles. The van der Waals surface area contributed by atoms with Crippen LogP contribution in [0, 0.1) is 0 Å². The van der Waals surface area contributed by atoms with Crippen LogP contribution in [0.2, 0.25) is 0 Å². The van der Waals surface area contributed by atoms with Gasteiger partial charge in [0, 0.05) is 10.6 Å². The van der Waals surface area contributed by atoms with Gasteiger partial charge < -0.3 is 0 Å². The molecular formula is C18H21FS. The molecule has 0 N–H and O–H groups in total. The average molecular weight is 288 g/mol. The predicted octanol–water partition coefficient (Wildman–Crippen LogP) is 5.62. The minimum absolute atomic E-state index is 0.0859. The van der Waals surface area contributed by atoms with Crippen molar-refractivity contribution in [3.8, 4) is 0 Å². The fourth-order valence-corrected chi connectivity index (χ4v) is 2.98. The Morgan fingerprint density at radius 2 is 1.60 bits per heavy atom. The lowest BCUT2D eigenvalue weighted by atomic mass is 9.82. The van der Waals surface area contributed by atoms with Gasteiger partial charge in [-0.1, -0.05) is 56.3 Å². The Morgan fingerprint density at radius 3 is 2.20 bits per heavy atom. The van der Waals surface area contributed by atoms with Crippen LogP contribution in [0.4, 0.5) is 4.39 Å². The third kappa shape index (κ3) is 4.11. The Morgan fingerprint density at radius 1 is 0.950 bits per heavy atom. The van der Waals surface area contributed by atoms with Crippen LogP contribution in [0.15, 0.2) is 59.5 Å². The van der Waals surface area contributed by atoms with E-state index >= 15 is 0 Å². The van der Waals surface area contributed by atoms with Gasteiger partial charge >= 0.3 is 0 Å². The third-order valence-corrected chi connectivity index (χ3v) is 4.69. The molecule has 2 aromatic rings. The monoisotopic (exact) mass is 288 g/mol. The molecule has 0 aliphatic rings. The molecule has 2 aromatic carbocycles. The van der Waals surface area contributed by atoms with E-state index in [1.165, 1.54) is 16.0 Å². The molecule has 20 heavy (non-hydrogen) atoms. The summed E-state index contributed by atoms with van der Waals surface area (Å²) >= 11 is 1.83. The van der Waals surface area contributed by atoms with Crippen LogP contribution in [0.25, 0.3) is 0 Å². The van der Waals surface area contributed by atoms with Gasteiger partial charge in [0.05, 0.1) is 6.67 Å². The third-order valence-electron chi connectivity index (χ3n) is 3.60. The van der Waals surface area contributed by atoms with Crippen LogP contribution in [0.5, 0.6) is 0 Å². The van der Waals surface area contributed by atoms with Crippen LogP contribution >= 0.6 is 11.8 Å². The highest BCUT2D eigenvalue weighted by molar-refractivity contribution is 7.98. The van der Waals surface area contributed by atoms with Gasteiger partial charge in [0.2, 0.25) is 0 Å². The summed E-state index contributed by atoms with van der Waals surface area (Å²) in [7, 11) is 0. The molecule has 0 aliphatic heterocycles. The highest BCUT2D eigenvalue weighted by Gasteiger charge is 2.19. The van der Waals surface area contributed by atoms with Gasteiger partial charge in [-0.25, -0.2) is 0 Å². The van der Waals surface area contributed by atoms with Gasteiger partial charge in [0.25, 0.3) is 0 Å². The Hall–Kier alpha value is -1.28. The van der Waals surface area contributed by atoms with E-state index < -0.39 is 0 Å². The van der Waals surface area contributed by atoms with Crippen LogP contribution in [-0.4, -0.2) is 6.67 Å². The molecule has 0 saturated carbocycles. The lowest BCUT2D eigenvalue weighted by molar-refractivity contribution is 0.378. The van der Waals surface area contributed by atoms with Crippen molar-refractivity contribution in [3.05, 3.63) is 65.7 Å². The summed E-state index contributed by atoms with van der Waals surface area (Å²) in [5.41, 5.74) is 2.45. The smallest absolute Gasteiger partial charge is 0.0902 e. The van der Waals surface area contributed by atoms with Gasteiger partial charge in [-0.3, -0.25) is 4.39 Å². The molecule has 0 bridgehead atoms. The molecule has 0 atom stereocenters. The van der Waals surface area contributed by atoms with Crippen molar-refractivity contribution in [3.63, 3.8) is 0 Å². The van der Waals surface area contributed by atoms with Gasteiger partial charge in [0.1, 0.15) is 0 Å². The van der Waals surface area contributed by atoms with Crippen LogP contribution < -0.4 is 0 Å². The van der Waals surface area contributed by atoms with Gasteiger partial charge in [-0.15, -0.1) is 11.8 Å². The first-order valence-electron chi connectivity index (χ1n) is 6.95. The fourth-order valence-electron chi connectivity index (χ4n) is 2.12. The van der Waals surface area contributed by atoms with Crippen molar-refractivity contribution in [2.24, 2.45) is 0 Å². The van der Waals surface area contributed by atoms with Crippen molar-refractivity contribution in [2.75, 3.05) is 6.67 Å². The van der Waals surface area contributed by atoms with Crippen molar-refractivity contribution < 1.29 is 4.39 Å². The second kappa shape index (κ2) is 6.94. The van der Waals surface area contributed by atoms with Crippen LogP contribution in [0.1, 0.15) is 31.4 Å². The second-order valence-electron chi connectivity index (χ2n) is 5.62. The maximum atomic E-state index is 12.6. The zero-order chi connectivity index (χ0) is 14.4. The lowest BCUT2D eigenvalue weighted by Crippen LogP contribution is -2.17. The minimum atomic E-state index is -0.266. The molecular weight excluding hydrogens is 267 g/mol. The molecule has 2 heteroatoms. The predicted molar refractivity (Wildman–Crippen MR) is 86.1 cm³/mol. The summed E-state index contributed by atoms with van der Waals surface area (Å²) in [6, 6.07) is 19.0. The highest BCUT2D eigenvalue weighted by Crippen LogP contribution is 2.30. The Balaban J connectivity index is 1.98. The van der Waals surface area contributed by atoms with Crippen molar-refractivity contribution in [1.82, 2.24) is 0 Å². The van der Waals surface area contributed by atoms with E-state index in [2.05, 4.69) is 62.4 Å². The summed E-state index contributed by atoms with van der Waals surface area (Å²) in [4.78, 5) is 1.26. The van der Waals surface area contributed by atoms with E-state index in [4.69, 9.17) is 0 Å². The molecule has 0 amide bonds. The summed E-state index contributed by atoms with van der Waals surface area (Å²) < 4.78 is 12.6. The lowest BCUT2D eigenvalue weighted by Gasteiger charge is -2.24. The maximum absolute atomic E-state index is 12.6. The Labute approximate surface area is 125 Å². The zero-order valence-corrected chi connectivity index (χ0v) is 12.9. The first-order chi connectivity index (χ1) is 9.62. The Kier molecular flexibility index (Phi) is 5.24. The summed E-state index contributed by atoms with van der Waals surface area (Å²) in [5.74, 6) is 0.980. The van der Waals surface area contributed by atoms with E-state index in [0.29, 0.717) is 6.42 Å². The maximum Gasteiger partial charge on any atom is 0.0902 e. The molecule has 106 valence electrons. The minimum Gasteiger partial charge on any atom is -0.251 e. The van der Waals surface area contributed by atoms with E-state index in [0.717, 1.165) is 5.75 Å². The Bertz CT molecular complexity index is 517. The number of hydrogen-bond acceptors (Lipinski definition) is 1. The normalized spacial score (nSPS) is 11.6. The van der Waals surface area contributed by atoms with Crippen molar-refractivity contribution in [2.45, 2.75) is 36.3 Å². The second-order valence-corrected chi connectivity index (χ2v) is 6.67. The van der Waals surface area contributed by atoms with E-state index in [-0.39, 0.29) is 12.1 Å². The first-order valence-corrected chi connectivity index (χ1v) is 7.93. The average Bonchev–Trinajstić information content (AvgIpc) is 2.47. The van der Waals surface area contributed by atoms with Gasteiger partial charge in [-0.2, -0.15) is 0 Å². The largest absolute Gasteiger partial charge is 0.251 e. The summed E-state index contributed by atoms with van der Waals surface area (Å²) in [6.07, 6.45) is 0.573. The van der Waals surface area contributed by atoms with E-state index in [1.54, 1.807) is 0 Å². The number of hydrogen-bond donors (Lipinski definition) is 0. The van der Waals surface area contributed by atoms with E-state index in [9.17, 15) is 4.39 Å². The molecule has 0 spiro atoms. The molecule has 0 unspecified atom stereocenters. The number of alkyl halides is 1. The van der Waals surface area contributed by atoms with E-state index in [1.807, 2.05) is 17.8 Å². The molecule has 0 fully saturated rings. The molecule has 0 heterocycles. The van der Waals surface area contributed by atoms with Crippen molar-refractivity contribution in [1.29, 1.82) is 0 Å². The van der Waals surface area contributed by atoms with Crippen LogP contribution in [0.3, 0.4) is 0 Å². The molecule has 0 aliphatic carbocycles. The van der Waals surface area contributed by atoms with Gasteiger partial charge in [0.15, 0.2) is 0 Å². The number of rotatable bonds is 6. The standard InChI is InChI=1S/C18H21FS/c1-18(2,12-13-19)16-8-10-17(11-9-16)20-14-15-6-4-3-5-7-15/h3-11H,12-14H2,1-2H3. The molecule has 0 saturated heterocycles. The number of benzene rings is 2. The zero-order valence-electron chi connectivity index (χ0n) is 12.1. The fraction of sp³-hybridized carbons (Fsp3) is 0.333. The highest BCUT2D eigenvalue weighted by atomic mass is 32.2. The molecule has 0 radical (unpaired) electrons. The van der Waals surface area contributed by atoms with Crippen molar-refractivity contribution >= 4 is 11.8 Å². The first kappa shape index (κ1) is 15.1.